The van der Waals surface area contributed by atoms with Crippen molar-refractivity contribution in [2.24, 2.45) is 17.6 Å². The number of carbonyl (C=O) groups is 3. The lowest BCUT2D eigenvalue weighted by atomic mass is 9.57. The van der Waals surface area contributed by atoms with Crippen molar-refractivity contribution in [3.05, 3.63) is 52.3 Å². The number of aromatic hydroxyl groups is 1. The van der Waals surface area contributed by atoms with Gasteiger partial charge in [0.1, 0.15) is 23.5 Å². The number of nitrogens with zero attached hydrogens (tertiary/aromatic N) is 2. The second kappa shape index (κ2) is 11.4. The third-order valence-electron chi connectivity index (χ3n) is 8.32. The Morgan fingerprint density at radius 1 is 1.26 bits per heavy atom. The summed E-state index contributed by atoms with van der Waals surface area (Å²) < 4.78 is 5.04. The van der Waals surface area contributed by atoms with Crippen LogP contribution in [0.3, 0.4) is 0 Å². The Morgan fingerprint density at radius 3 is 2.50 bits per heavy atom. The number of phenolic OH excluding ortho intramolecular Hbond substituents is 1. The molecule has 0 spiro atoms. The van der Waals surface area contributed by atoms with Crippen LogP contribution < -0.4 is 16.0 Å². The van der Waals surface area contributed by atoms with E-state index in [4.69, 9.17) is 10.5 Å². The maximum atomic E-state index is 14.1. The van der Waals surface area contributed by atoms with Gasteiger partial charge in [-0.3, -0.25) is 14.5 Å². The molecule has 42 heavy (non-hydrogen) atoms. The Morgan fingerprint density at radius 2 is 1.93 bits per heavy atom. The molecule has 228 valence electrons. The highest BCUT2D eigenvalue weighted by atomic mass is 16.5. The van der Waals surface area contributed by atoms with Crippen molar-refractivity contribution in [1.29, 1.82) is 0 Å². The second-order valence-corrected chi connectivity index (χ2v) is 11.3. The molecule has 1 unspecified atom stereocenters. The Kier molecular flexibility index (Phi) is 8.43. The molecule has 13 nitrogen and oxygen atoms in total. The summed E-state index contributed by atoms with van der Waals surface area (Å²) in [5.74, 6) is -5.58. The molecule has 13 heteroatoms. The molecule has 3 aliphatic carbocycles. The first-order valence-corrected chi connectivity index (χ1v) is 13.5. The number of hydrogen-bond acceptors (Lipinski definition) is 12. The quantitative estimate of drug-likeness (QED) is 0.127. The van der Waals surface area contributed by atoms with Crippen molar-refractivity contribution >= 4 is 29.1 Å². The smallest absolute Gasteiger partial charge is 0.407 e. The van der Waals surface area contributed by atoms with E-state index in [1.807, 2.05) is 0 Å². The number of alkyl carbamates (subject to hydrolysis) is 1. The maximum Gasteiger partial charge on any atom is 0.407 e. The number of likely N-dealkylation sites (N-methyl/N-ethyl adjacent to an activating group) is 1. The summed E-state index contributed by atoms with van der Waals surface area (Å²) in [6.45, 7) is 3.52. The van der Waals surface area contributed by atoms with Gasteiger partial charge in [0.2, 0.25) is 5.78 Å². The average Bonchev–Trinajstić information content (AvgIpc) is 2.89. The molecule has 5 atom stereocenters. The van der Waals surface area contributed by atoms with Crippen molar-refractivity contribution in [2.75, 3.05) is 39.7 Å². The Bertz CT molecular complexity index is 1400. The Hall–Kier alpha value is -3.91. The molecule has 0 heterocycles. The molecule has 0 saturated heterocycles. The zero-order valence-corrected chi connectivity index (χ0v) is 24.0. The Labute approximate surface area is 243 Å². The lowest BCUT2D eigenvalue weighted by Gasteiger charge is -2.50. The third-order valence-corrected chi connectivity index (χ3v) is 8.32. The van der Waals surface area contributed by atoms with Crippen LogP contribution in [0, 0.1) is 11.8 Å². The minimum absolute atomic E-state index is 0.0150. The highest BCUT2D eigenvalue weighted by molar-refractivity contribution is 6.14. The van der Waals surface area contributed by atoms with Crippen LogP contribution in [0.1, 0.15) is 29.5 Å². The fraction of sp³-hybridized carbons (Fsp3) is 0.483. The van der Waals surface area contributed by atoms with E-state index in [0.717, 1.165) is 0 Å². The van der Waals surface area contributed by atoms with Gasteiger partial charge in [0.05, 0.1) is 23.8 Å². The Balaban J connectivity index is 1.85. The van der Waals surface area contributed by atoms with Crippen molar-refractivity contribution in [3.63, 3.8) is 0 Å². The second-order valence-electron chi connectivity index (χ2n) is 11.3. The number of fused-ring (bicyclic) bond motifs is 3. The van der Waals surface area contributed by atoms with Gasteiger partial charge < -0.3 is 46.2 Å². The van der Waals surface area contributed by atoms with Gasteiger partial charge in [0, 0.05) is 43.4 Å². The molecule has 3 aliphatic rings. The van der Waals surface area contributed by atoms with Crippen LogP contribution >= 0.6 is 0 Å². The van der Waals surface area contributed by atoms with E-state index in [1.165, 1.54) is 4.90 Å². The molecule has 1 saturated carbocycles. The van der Waals surface area contributed by atoms with E-state index < -0.39 is 64.5 Å². The molecule has 0 aliphatic heterocycles. The van der Waals surface area contributed by atoms with Crippen LogP contribution in [-0.4, -0.2) is 101 Å². The lowest BCUT2D eigenvalue weighted by molar-refractivity contribution is -0.154. The summed E-state index contributed by atoms with van der Waals surface area (Å²) in [6.07, 6.45) is -0.443. The van der Waals surface area contributed by atoms with Gasteiger partial charge in [-0.1, -0.05) is 6.08 Å². The number of anilines is 1. The zero-order chi connectivity index (χ0) is 31.3. The molecule has 0 aromatic heterocycles. The predicted molar refractivity (Wildman–Crippen MR) is 153 cm³/mol. The maximum absolute atomic E-state index is 14.1. The lowest BCUT2D eigenvalue weighted by Crippen LogP contribution is -2.66. The number of rotatable bonds is 8. The van der Waals surface area contributed by atoms with E-state index in [1.54, 1.807) is 45.2 Å². The number of nitrogens with two attached hydrogens (primary N) is 1. The number of hydrogen-bond donors (Lipinski definition) is 7. The molecule has 1 fully saturated rings. The summed E-state index contributed by atoms with van der Waals surface area (Å²) in [5, 5.41) is 58.3. The largest absolute Gasteiger partial charge is 0.508 e. The van der Waals surface area contributed by atoms with Gasteiger partial charge in [-0.2, -0.15) is 0 Å². The van der Waals surface area contributed by atoms with Crippen LogP contribution in [0.15, 0.2) is 35.6 Å². The highest BCUT2D eigenvalue weighted by Gasteiger charge is 2.64. The van der Waals surface area contributed by atoms with Crippen molar-refractivity contribution in [1.82, 2.24) is 10.2 Å². The van der Waals surface area contributed by atoms with Gasteiger partial charge in [0.15, 0.2) is 11.4 Å². The van der Waals surface area contributed by atoms with E-state index in [-0.39, 0.29) is 48.4 Å². The van der Waals surface area contributed by atoms with E-state index >= 15 is 0 Å². The van der Waals surface area contributed by atoms with Crippen molar-refractivity contribution < 1.29 is 44.7 Å². The molecule has 8 N–H and O–H groups in total. The van der Waals surface area contributed by atoms with Crippen molar-refractivity contribution in [3.8, 4) is 5.75 Å². The van der Waals surface area contributed by atoms with Crippen LogP contribution in [0.4, 0.5) is 10.5 Å². The van der Waals surface area contributed by atoms with Gasteiger partial charge in [-0.25, -0.2) is 4.79 Å². The average molecular weight is 587 g/mol. The first kappa shape index (κ1) is 31.0. The van der Waals surface area contributed by atoms with Crippen LogP contribution in [0.25, 0.3) is 5.76 Å². The van der Waals surface area contributed by atoms with Gasteiger partial charge in [-0.15, -0.1) is 6.58 Å². The topological polar surface area (TPSA) is 206 Å². The van der Waals surface area contributed by atoms with Crippen LogP contribution in [0.2, 0.25) is 0 Å². The monoisotopic (exact) mass is 586 g/mol. The number of benzene rings is 1. The number of Topliss-reactive ketones (excluding diaryl/α,β-unsaturated/α-hetero) is 2. The standard InChI is InChI=1S/C29H38N4O9/c1-6-7-8-42-28(40)31-12-14-11-17(32(2)3)15-9-13-10-16-21(33(4)5)24(36)20(27(30)39)26(38)29(16,41)25(37)18(13)23(35)19(15)22(14)34/h6,11,13,16,21,27,34-35,38-39,41H,1,7-10,12,30H2,2-5H3,(H,31,40)/t13-,16-,21-,27?,29-/m0/s1. The number of nitrogens with one attached hydrogen (secondary N) is 1. The summed E-state index contributed by atoms with van der Waals surface area (Å²) in [6, 6.07) is 0.558. The number of amides is 1. The minimum Gasteiger partial charge on any atom is -0.508 e. The molecule has 1 aromatic rings. The summed E-state index contributed by atoms with van der Waals surface area (Å²) >= 11 is 0. The first-order chi connectivity index (χ1) is 19.7. The minimum atomic E-state index is -2.66. The van der Waals surface area contributed by atoms with Crippen molar-refractivity contribution in [2.45, 2.75) is 43.7 Å². The molecule has 1 aromatic carbocycles. The number of ketones is 2. The van der Waals surface area contributed by atoms with Crippen LogP contribution in [-0.2, 0) is 27.3 Å². The number of aliphatic hydroxyl groups is 4. The number of carbonyl (C=O) groups excluding carboxylic acids is 3. The number of phenols is 1. The molecule has 0 radical (unpaired) electrons. The van der Waals surface area contributed by atoms with E-state index in [9.17, 15) is 39.9 Å². The third kappa shape index (κ3) is 4.81. The number of ether oxygens (including phenoxy) is 1. The normalized spacial score (nSPS) is 26.0. The molecule has 4 rings (SSSR count). The number of aliphatic hydroxyl groups excluding tert-OH is 3. The van der Waals surface area contributed by atoms with Crippen LogP contribution in [0.5, 0.6) is 5.75 Å². The molecular weight excluding hydrogens is 548 g/mol. The summed E-state index contributed by atoms with van der Waals surface area (Å²) in [7, 11) is 6.67. The zero-order valence-electron chi connectivity index (χ0n) is 24.0. The SMILES string of the molecule is C=CCCOC(=O)NCc1cc(N(C)C)c2c(c1O)C(O)=C1C(=O)[C@]3(O)C(O)=C(C(N)O)C(=O)[C@@H](N(C)C)[C@@H]3C[C@@H]1C2. The van der Waals surface area contributed by atoms with Gasteiger partial charge in [-0.05, 0) is 50.9 Å². The summed E-state index contributed by atoms with van der Waals surface area (Å²) in [5.41, 5.74) is 3.32. The fourth-order valence-electron chi connectivity index (χ4n) is 6.41. The predicted octanol–water partition coefficient (Wildman–Crippen LogP) is 0.624. The van der Waals surface area contributed by atoms with Gasteiger partial charge >= 0.3 is 6.09 Å². The highest BCUT2D eigenvalue weighted by Crippen LogP contribution is 2.54. The van der Waals surface area contributed by atoms with Gasteiger partial charge in [0.25, 0.3) is 0 Å². The van der Waals surface area contributed by atoms with E-state index in [0.29, 0.717) is 17.7 Å². The fourth-order valence-corrected chi connectivity index (χ4v) is 6.41. The molecule has 0 bridgehead atoms. The molecular formula is C29H38N4O9. The molecule has 1 amide bonds. The van der Waals surface area contributed by atoms with E-state index in [2.05, 4.69) is 11.9 Å². The first-order valence-electron chi connectivity index (χ1n) is 13.5. The summed E-state index contributed by atoms with van der Waals surface area (Å²) in [4.78, 5) is 42.7.